The molecule has 42 heavy (non-hydrogen) atoms. The van der Waals surface area contributed by atoms with Crippen LogP contribution < -0.4 is 10.6 Å². The second kappa shape index (κ2) is 14.1. The van der Waals surface area contributed by atoms with Crippen molar-refractivity contribution in [3.05, 3.63) is 83.0 Å². The van der Waals surface area contributed by atoms with Gasteiger partial charge in [-0.15, -0.1) is 0 Å². The molecule has 5 rings (SSSR count). The first kappa shape index (κ1) is 29.9. The summed E-state index contributed by atoms with van der Waals surface area (Å²) in [6, 6.07) is 19.0. The van der Waals surface area contributed by atoms with Gasteiger partial charge >= 0.3 is 0 Å². The second-order valence-electron chi connectivity index (χ2n) is 11.3. The molecule has 2 aromatic carbocycles. The molecular formula is C32H42N6O4. The third kappa shape index (κ3) is 7.43. The first-order valence-electron chi connectivity index (χ1n) is 14.8. The van der Waals surface area contributed by atoms with Crippen LogP contribution in [0.15, 0.2) is 70.2 Å². The van der Waals surface area contributed by atoms with Crippen LogP contribution >= 0.6 is 0 Å². The predicted octanol–water partition coefficient (Wildman–Crippen LogP) is 3.02. The van der Waals surface area contributed by atoms with Gasteiger partial charge < -0.3 is 19.7 Å². The molecule has 2 saturated heterocycles. The first-order chi connectivity index (χ1) is 20.4. The molecule has 3 aromatic rings. The van der Waals surface area contributed by atoms with Gasteiger partial charge in [0.05, 0.1) is 38.7 Å². The van der Waals surface area contributed by atoms with Crippen molar-refractivity contribution in [1.29, 1.82) is 0 Å². The number of ether oxygens (including phenoxy) is 2. The molecule has 1 aromatic heterocycles. The average Bonchev–Trinajstić information content (AvgIpc) is 3.53. The van der Waals surface area contributed by atoms with E-state index in [0.29, 0.717) is 36.1 Å². The summed E-state index contributed by atoms with van der Waals surface area (Å²) in [5, 5.41) is 4.48. The Labute approximate surface area is 248 Å². The Morgan fingerprint density at radius 1 is 0.905 bits per heavy atom. The van der Waals surface area contributed by atoms with Crippen LogP contribution in [0.25, 0.3) is 0 Å². The fraction of sp³-hybridized carbons (Fsp3) is 0.469. The van der Waals surface area contributed by atoms with E-state index in [-0.39, 0.29) is 5.78 Å². The third-order valence-electron chi connectivity index (χ3n) is 8.10. The average molecular weight is 575 g/mol. The van der Waals surface area contributed by atoms with E-state index in [2.05, 4.69) is 28.8 Å². The van der Waals surface area contributed by atoms with E-state index in [4.69, 9.17) is 24.7 Å². The highest BCUT2D eigenvalue weighted by molar-refractivity contribution is 6.09. The van der Waals surface area contributed by atoms with Crippen molar-refractivity contribution in [3.8, 4) is 0 Å². The lowest BCUT2D eigenvalue weighted by Crippen LogP contribution is -2.45. The number of ketones is 1. The van der Waals surface area contributed by atoms with Gasteiger partial charge in [0.2, 0.25) is 5.88 Å². The van der Waals surface area contributed by atoms with Gasteiger partial charge in [-0.05, 0) is 11.6 Å². The fourth-order valence-corrected chi connectivity index (χ4v) is 5.26. The molecule has 224 valence electrons. The van der Waals surface area contributed by atoms with Gasteiger partial charge in [0.15, 0.2) is 11.7 Å². The van der Waals surface area contributed by atoms with E-state index in [1.165, 1.54) is 0 Å². The van der Waals surface area contributed by atoms with Gasteiger partial charge in [-0.2, -0.15) is 0 Å². The molecule has 0 spiro atoms. The van der Waals surface area contributed by atoms with Crippen molar-refractivity contribution in [2.75, 3.05) is 83.7 Å². The molecule has 2 aliphatic rings. The van der Waals surface area contributed by atoms with Gasteiger partial charge in [-0.1, -0.05) is 67.5 Å². The number of anilines is 1. The maximum atomic E-state index is 13.1. The molecule has 3 heterocycles. The number of guanidine groups is 1. The molecule has 10 heteroatoms. The molecule has 2 aliphatic heterocycles. The quantitative estimate of drug-likeness (QED) is 0.210. The Kier molecular flexibility index (Phi) is 10.0. The van der Waals surface area contributed by atoms with Gasteiger partial charge in [0.1, 0.15) is 0 Å². The molecule has 2 fully saturated rings. The monoisotopic (exact) mass is 574 g/mol. The van der Waals surface area contributed by atoms with Crippen LogP contribution in [0.2, 0.25) is 0 Å². The van der Waals surface area contributed by atoms with Gasteiger partial charge in [0.25, 0.3) is 0 Å². The zero-order chi connectivity index (χ0) is 29.4. The predicted molar refractivity (Wildman–Crippen MR) is 163 cm³/mol. The Bertz CT molecular complexity index is 1330. The molecular weight excluding hydrogens is 532 g/mol. The van der Waals surface area contributed by atoms with Crippen molar-refractivity contribution in [1.82, 2.24) is 15.0 Å². The first-order valence-corrected chi connectivity index (χ1v) is 14.8. The van der Waals surface area contributed by atoms with Crippen molar-refractivity contribution in [2.24, 2.45) is 10.7 Å². The maximum absolute atomic E-state index is 13.1. The summed E-state index contributed by atoms with van der Waals surface area (Å²) >= 11 is 0. The standard InChI is InChI=1S/C32H42N6O4/c1-32(2,27-10-6-9-26(23-27)30(39)25-7-4-3-5-8-25)28-24-29(42-35-28)38(14-13-37-17-21-41-22-18-37)31(33)34-11-12-36-15-19-40-20-16-36/h3-10,23-24H,11-22H2,1-2H3,(H2,33,34). The highest BCUT2D eigenvalue weighted by atomic mass is 16.5. The zero-order valence-corrected chi connectivity index (χ0v) is 24.7. The summed E-state index contributed by atoms with van der Waals surface area (Å²) in [5.74, 6) is 0.951. The Hall–Kier alpha value is -3.57. The lowest BCUT2D eigenvalue weighted by atomic mass is 9.80. The van der Waals surface area contributed by atoms with Crippen LogP contribution in [0, 0.1) is 0 Å². The number of benzene rings is 2. The summed E-state index contributed by atoms with van der Waals surface area (Å²) in [5.41, 5.74) is 9.08. The van der Waals surface area contributed by atoms with Gasteiger partial charge in [0, 0.05) is 68.4 Å². The molecule has 0 radical (unpaired) electrons. The highest BCUT2D eigenvalue weighted by Gasteiger charge is 2.30. The Balaban J connectivity index is 1.34. The molecule has 0 aliphatic carbocycles. The number of nitrogens with zero attached hydrogens (tertiary/aromatic N) is 5. The lowest BCUT2D eigenvalue weighted by Gasteiger charge is -2.29. The van der Waals surface area contributed by atoms with Crippen LogP contribution in [0.1, 0.15) is 41.0 Å². The minimum Gasteiger partial charge on any atom is -0.379 e. The molecule has 10 nitrogen and oxygen atoms in total. The number of nitrogens with two attached hydrogens (primary N) is 1. The summed E-state index contributed by atoms with van der Waals surface area (Å²) in [6.07, 6.45) is 0. The Morgan fingerprint density at radius 3 is 2.24 bits per heavy atom. The lowest BCUT2D eigenvalue weighted by molar-refractivity contribution is 0.0393. The number of rotatable bonds is 11. The SMILES string of the molecule is CC(C)(c1cccc(C(=O)c2ccccc2)c1)c1cc(N(CCN2CCOCC2)C(N)=NCCN2CCOCC2)on1. The van der Waals surface area contributed by atoms with E-state index < -0.39 is 5.41 Å². The molecule has 0 unspecified atom stereocenters. The number of hydrogen-bond acceptors (Lipinski definition) is 8. The largest absolute Gasteiger partial charge is 0.379 e. The summed E-state index contributed by atoms with van der Waals surface area (Å²) in [4.78, 5) is 24.5. The number of morpholine rings is 2. The summed E-state index contributed by atoms with van der Waals surface area (Å²) in [7, 11) is 0. The van der Waals surface area contributed by atoms with E-state index in [9.17, 15) is 4.79 Å². The highest BCUT2D eigenvalue weighted by Crippen LogP contribution is 2.33. The molecule has 0 bridgehead atoms. The number of aliphatic imine (C=N–C) groups is 1. The van der Waals surface area contributed by atoms with E-state index in [0.717, 1.165) is 77.0 Å². The van der Waals surface area contributed by atoms with Crippen molar-refractivity contribution < 1.29 is 18.8 Å². The van der Waals surface area contributed by atoms with Gasteiger partial charge in [-0.25, -0.2) is 0 Å². The number of carbonyl (C=O) groups excluding carboxylic acids is 1. The fourth-order valence-electron chi connectivity index (χ4n) is 5.26. The smallest absolute Gasteiger partial charge is 0.234 e. The normalized spacial score (nSPS) is 17.3. The van der Waals surface area contributed by atoms with Crippen LogP contribution in [0.5, 0.6) is 0 Å². The number of hydrogen-bond donors (Lipinski definition) is 1. The molecule has 2 N–H and O–H groups in total. The van der Waals surface area contributed by atoms with E-state index in [1.807, 2.05) is 65.6 Å². The number of aromatic nitrogens is 1. The molecule has 0 amide bonds. The van der Waals surface area contributed by atoms with Crippen LogP contribution in [-0.4, -0.2) is 105 Å². The second-order valence-corrected chi connectivity index (χ2v) is 11.3. The summed E-state index contributed by atoms with van der Waals surface area (Å²) < 4.78 is 16.9. The van der Waals surface area contributed by atoms with Crippen molar-refractivity contribution in [3.63, 3.8) is 0 Å². The van der Waals surface area contributed by atoms with Crippen molar-refractivity contribution >= 4 is 17.6 Å². The number of carbonyl (C=O) groups is 1. The van der Waals surface area contributed by atoms with Crippen LogP contribution in [0.3, 0.4) is 0 Å². The van der Waals surface area contributed by atoms with E-state index >= 15 is 0 Å². The third-order valence-corrected chi connectivity index (χ3v) is 8.10. The zero-order valence-electron chi connectivity index (χ0n) is 24.7. The van der Waals surface area contributed by atoms with Gasteiger partial charge in [-0.3, -0.25) is 24.5 Å². The maximum Gasteiger partial charge on any atom is 0.234 e. The van der Waals surface area contributed by atoms with Crippen LogP contribution in [0.4, 0.5) is 5.88 Å². The van der Waals surface area contributed by atoms with E-state index in [1.54, 1.807) is 0 Å². The minimum absolute atomic E-state index is 0.00977. The summed E-state index contributed by atoms with van der Waals surface area (Å²) in [6.45, 7) is 13.6. The molecule has 0 atom stereocenters. The van der Waals surface area contributed by atoms with Crippen LogP contribution in [-0.2, 0) is 14.9 Å². The molecule has 0 saturated carbocycles. The minimum atomic E-state index is -0.521. The van der Waals surface area contributed by atoms with Crippen molar-refractivity contribution in [2.45, 2.75) is 19.3 Å². The Morgan fingerprint density at radius 2 is 1.55 bits per heavy atom. The topological polar surface area (TPSA) is 110 Å².